The predicted octanol–water partition coefficient (Wildman–Crippen LogP) is 5.42. The molecule has 1 heterocycles. The van der Waals surface area contributed by atoms with Crippen molar-refractivity contribution in [2.45, 2.75) is 13.3 Å². The molecule has 7 nitrogen and oxygen atoms in total. The van der Waals surface area contributed by atoms with Gasteiger partial charge in [0.05, 0.1) is 13.7 Å². The summed E-state index contributed by atoms with van der Waals surface area (Å²) in [5.74, 6) is 1.60. The van der Waals surface area contributed by atoms with Crippen molar-refractivity contribution in [2.24, 2.45) is 0 Å². The second-order valence-electron chi connectivity index (χ2n) is 7.21. The summed E-state index contributed by atoms with van der Waals surface area (Å²) < 4.78 is 16.6. The quantitative estimate of drug-likeness (QED) is 0.356. The molecule has 168 valence electrons. The van der Waals surface area contributed by atoms with Gasteiger partial charge in [-0.05, 0) is 73.2 Å². The lowest BCUT2D eigenvalue weighted by Crippen LogP contribution is -2.34. The van der Waals surface area contributed by atoms with Crippen LogP contribution in [0.3, 0.4) is 0 Å². The lowest BCUT2D eigenvalue weighted by atomic mass is 10.2. The maximum atomic E-state index is 12.5. The van der Waals surface area contributed by atoms with E-state index in [4.69, 9.17) is 26.1 Å². The number of methoxy groups -OCH3 is 1. The first-order valence-electron chi connectivity index (χ1n) is 10.5. The smallest absolute Gasteiger partial charge is 0.257 e. The maximum Gasteiger partial charge on any atom is 0.257 e. The summed E-state index contributed by atoms with van der Waals surface area (Å²) in [6.07, 6.45) is 0.921. The van der Waals surface area contributed by atoms with Gasteiger partial charge in [0.1, 0.15) is 17.0 Å². The third-order valence-corrected chi connectivity index (χ3v) is 4.98. The van der Waals surface area contributed by atoms with Crippen LogP contribution in [0.4, 0.5) is 5.69 Å². The molecule has 0 atom stereocenters. The van der Waals surface area contributed by atoms with Crippen LogP contribution in [0.25, 0.3) is 22.6 Å². The molecule has 0 bridgehead atoms. The minimum absolute atomic E-state index is 0.186. The third kappa shape index (κ3) is 5.48. The number of anilines is 1. The number of amides is 1. The minimum Gasteiger partial charge on any atom is -0.497 e. The third-order valence-electron chi connectivity index (χ3n) is 4.78. The Morgan fingerprint density at radius 2 is 1.85 bits per heavy atom. The number of carbonyl (C=O) groups is 1. The molecule has 2 N–H and O–H groups in total. The zero-order valence-corrected chi connectivity index (χ0v) is 19.1. The van der Waals surface area contributed by atoms with E-state index < -0.39 is 0 Å². The van der Waals surface area contributed by atoms with Crippen LogP contribution in [-0.4, -0.2) is 29.7 Å². The van der Waals surface area contributed by atoms with E-state index in [0.29, 0.717) is 40.6 Å². The summed E-state index contributed by atoms with van der Waals surface area (Å²) in [6, 6.07) is 19.8. The molecule has 0 aliphatic heterocycles. The number of oxazole rings is 1. The average molecular weight is 462 g/mol. The number of hydrogen-bond donors (Lipinski definition) is 2. The standard InChI is InChI=1S/C25H23N3O4S/c1-3-13-31-19-9-7-16(8-10-19)23(29)28-25(33)26-18-6-4-5-17(14-18)24-27-21-15-20(30-2)11-12-22(21)32-24/h4-12,14-15H,3,13H2,1-2H3,(H2,26,28,29,33). The van der Waals surface area contributed by atoms with E-state index in [9.17, 15) is 4.79 Å². The van der Waals surface area contributed by atoms with Gasteiger partial charge >= 0.3 is 0 Å². The van der Waals surface area contributed by atoms with Crippen LogP contribution >= 0.6 is 12.2 Å². The van der Waals surface area contributed by atoms with E-state index in [-0.39, 0.29) is 11.0 Å². The molecule has 8 heteroatoms. The Morgan fingerprint density at radius 1 is 1.06 bits per heavy atom. The molecule has 4 aromatic rings. The van der Waals surface area contributed by atoms with Crippen molar-refractivity contribution in [3.8, 4) is 23.0 Å². The molecule has 0 saturated carbocycles. The van der Waals surface area contributed by atoms with Crippen molar-refractivity contribution >= 4 is 40.0 Å². The highest BCUT2D eigenvalue weighted by Gasteiger charge is 2.12. The Morgan fingerprint density at radius 3 is 2.61 bits per heavy atom. The van der Waals surface area contributed by atoms with Gasteiger partial charge in [-0.2, -0.15) is 0 Å². The van der Waals surface area contributed by atoms with E-state index in [1.807, 2.05) is 49.4 Å². The van der Waals surface area contributed by atoms with Gasteiger partial charge in [-0.25, -0.2) is 4.98 Å². The molecular weight excluding hydrogens is 438 g/mol. The lowest BCUT2D eigenvalue weighted by molar-refractivity contribution is 0.0977. The van der Waals surface area contributed by atoms with Crippen LogP contribution in [0, 0.1) is 0 Å². The van der Waals surface area contributed by atoms with Crippen molar-refractivity contribution < 1.29 is 18.7 Å². The Labute approximate surface area is 196 Å². The number of aromatic nitrogens is 1. The van der Waals surface area contributed by atoms with Crippen LogP contribution in [0.5, 0.6) is 11.5 Å². The number of fused-ring (bicyclic) bond motifs is 1. The van der Waals surface area contributed by atoms with Gasteiger partial charge in [0, 0.05) is 22.9 Å². The summed E-state index contributed by atoms with van der Waals surface area (Å²) in [4.78, 5) is 17.0. The molecule has 0 saturated heterocycles. The number of nitrogens with zero attached hydrogens (tertiary/aromatic N) is 1. The summed E-state index contributed by atoms with van der Waals surface area (Å²) in [7, 11) is 1.61. The largest absolute Gasteiger partial charge is 0.497 e. The molecule has 0 spiro atoms. The van der Waals surface area contributed by atoms with Gasteiger partial charge < -0.3 is 19.2 Å². The van der Waals surface area contributed by atoms with E-state index >= 15 is 0 Å². The Hall–Kier alpha value is -3.91. The highest BCUT2D eigenvalue weighted by Crippen LogP contribution is 2.28. The second kappa shape index (κ2) is 10.1. The average Bonchev–Trinajstić information content (AvgIpc) is 3.26. The molecule has 0 unspecified atom stereocenters. The molecule has 1 aromatic heterocycles. The van der Waals surface area contributed by atoms with Gasteiger partial charge in [0.25, 0.3) is 5.91 Å². The molecular formula is C25H23N3O4S. The summed E-state index contributed by atoms with van der Waals surface area (Å²) >= 11 is 5.31. The van der Waals surface area contributed by atoms with Crippen molar-refractivity contribution in [1.29, 1.82) is 0 Å². The summed E-state index contributed by atoms with van der Waals surface area (Å²) in [5, 5.41) is 5.90. The number of nitrogens with one attached hydrogen (secondary N) is 2. The minimum atomic E-state index is -0.307. The van der Waals surface area contributed by atoms with Crippen molar-refractivity contribution in [3.05, 3.63) is 72.3 Å². The topological polar surface area (TPSA) is 85.6 Å². The van der Waals surface area contributed by atoms with E-state index in [0.717, 1.165) is 17.7 Å². The lowest BCUT2D eigenvalue weighted by Gasteiger charge is -2.11. The fourth-order valence-corrected chi connectivity index (χ4v) is 3.36. The SMILES string of the molecule is CCCOc1ccc(C(=O)NC(=S)Nc2cccc(-c3nc4cc(OC)ccc4o3)c2)cc1. The van der Waals surface area contributed by atoms with Gasteiger partial charge in [-0.1, -0.05) is 13.0 Å². The maximum absolute atomic E-state index is 12.5. The van der Waals surface area contributed by atoms with Crippen molar-refractivity contribution in [1.82, 2.24) is 10.3 Å². The Balaban J connectivity index is 1.41. The van der Waals surface area contributed by atoms with E-state index in [2.05, 4.69) is 15.6 Å². The van der Waals surface area contributed by atoms with Gasteiger partial charge in [0.2, 0.25) is 5.89 Å². The monoisotopic (exact) mass is 461 g/mol. The zero-order chi connectivity index (χ0) is 23.2. The van der Waals surface area contributed by atoms with E-state index in [1.165, 1.54) is 0 Å². The number of hydrogen-bond acceptors (Lipinski definition) is 6. The normalized spacial score (nSPS) is 10.6. The number of thiocarbonyl (C=S) groups is 1. The van der Waals surface area contributed by atoms with Crippen LogP contribution in [-0.2, 0) is 0 Å². The first-order chi connectivity index (χ1) is 16.1. The Bertz CT molecular complexity index is 1280. The second-order valence-corrected chi connectivity index (χ2v) is 7.62. The Kier molecular flexibility index (Phi) is 6.85. The highest BCUT2D eigenvalue weighted by molar-refractivity contribution is 7.80. The first kappa shape index (κ1) is 22.3. The van der Waals surface area contributed by atoms with Gasteiger partial charge in [0.15, 0.2) is 10.7 Å². The number of ether oxygens (including phenoxy) is 2. The summed E-state index contributed by atoms with van der Waals surface area (Å²) in [5.41, 5.74) is 3.32. The molecule has 3 aromatic carbocycles. The fraction of sp³-hybridized carbons (Fsp3) is 0.160. The van der Waals surface area contributed by atoms with Crippen LogP contribution in [0.15, 0.2) is 71.1 Å². The highest BCUT2D eigenvalue weighted by atomic mass is 32.1. The molecule has 4 rings (SSSR count). The molecule has 1 amide bonds. The van der Waals surface area contributed by atoms with Crippen molar-refractivity contribution in [3.63, 3.8) is 0 Å². The van der Waals surface area contributed by atoms with Gasteiger partial charge in [-0.15, -0.1) is 0 Å². The molecule has 0 aliphatic carbocycles. The first-order valence-corrected chi connectivity index (χ1v) is 10.9. The fourth-order valence-electron chi connectivity index (χ4n) is 3.15. The molecule has 0 fully saturated rings. The molecule has 0 aliphatic rings. The van der Waals surface area contributed by atoms with Gasteiger partial charge in [-0.3, -0.25) is 10.1 Å². The number of carbonyl (C=O) groups excluding carboxylic acids is 1. The number of benzene rings is 3. The molecule has 0 radical (unpaired) electrons. The van der Waals surface area contributed by atoms with E-state index in [1.54, 1.807) is 31.4 Å². The van der Waals surface area contributed by atoms with Crippen LogP contribution in [0.2, 0.25) is 0 Å². The predicted molar refractivity (Wildman–Crippen MR) is 132 cm³/mol. The molecule has 33 heavy (non-hydrogen) atoms. The van der Waals surface area contributed by atoms with Crippen LogP contribution < -0.4 is 20.1 Å². The zero-order valence-electron chi connectivity index (χ0n) is 18.3. The van der Waals surface area contributed by atoms with Crippen molar-refractivity contribution in [2.75, 3.05) is 19.0 Å². The summed E-state index contributed by atoms with van der Waals surface area (Å²) in [6.45, 7) is 2.67. The van der Waals surface area contributed by atoms with Crippen LogP contribution in [0.1, 0.15) is 23.7 Å². The number of rotatable bonds is 7.